The van der Waals surface area contributed by atoms with E-state index in [4.69, 9.17) is 9.72 Å². The summed E-state index contributed by atoms with van der Waals surface area (Å²) in [6.45, 7) is 7.35. The van der Waals surface area contributed by atoms with E-state index >= 15 is 0 Å². The molecule has 0 radical (unpaired) electrons. The lowest BCUT2D eigenvalue weighted by molar-refractivity contribution is 0.122. The van der Waals surface area contributed by atoms with Crippen molar-refractivity contribution in [2.45, 2.75) is 19.9 Å². The van der Waals surface area contributed by atoms with Crippen LogP contribution in [0.15, 0.2) is 54.7 Å². The highest BCUT2D eigenvalue weighted by Gasteiger charge is 2.13. The molecule has 0 unspecified atom stereocenters. The lowest BCUT2D eigenvalue weighted by atomic mass is 10.2. The Bertz CT molecular complexity index is 941. The van der Waals surface area contributed by atoms with Crippen LogP contribution in [0.1, 0.15) is 13.8 Å². The molecule has 3 aromatic rings. The maximum atomic E-state index is 5.44. The standard InChI is InChI=1S/C22H26N6O/c1-16(2)24-19-15-20(27-22(26-19)17-6-4-3-5-7-17)25-18-8-9-23-21(14-18)28-10-12-29-13-11-28/h3-9,14-16H,10-13H2,1-2H3,(H2,23,24,25,26,27). The van der Waals surface area contributed by atoms with Gasteiger partial charge in [-0.1, -0.05) is 30.3 Å². The Morgan fingerprint density at radius 2 is 1.72 bits per heavy atom. The molecule has 29 heavy (non-hydrogen) atoms. The minimum absolute atomic E-state index is 0.273. The van der Waals surface area contributed by atoms with Crippen LogP contribution in [0.2, 0.25) is 0 Å². The summed E-state index contributed by atoms with van der Waals surface area (Å²) >= 11 is 0. The number of morpholine rings is 1. The van der Waals surface area contributed by atoms with Crippen LogP contribution in [0.3, 0.4) is 0 Å². The summed E-state index contributed by atoms with van der Waals surface area (Å²) in [5.41, 5.74) is 1.92. The van der Waals surface area contributed by atoms with Crippen LogP contribution in [-0.4, -0.2) is 47.3 Å². The highest BCUT2D eigenvalue weighted by atomic mass is 16.5. The van der Waals surface area contributed by atoms with Gasteiger partial charge in [0.05, 0.1) is 13.2 Å². The topological polar surface area (TPSA) is 75.2 Å². The van der Waals surface area contributed by atoms with Gasteiger partial charge in [-0.25, -0.2) is 15.0 Å². The van der Waals surface area contributed by atoms with Gasteiger partial charge in [-0.3, -0.25) is 0 Å². The van der Waals surface area contributed by atoms with Gasteiger partial charge in [0.15, 0.2) is 5.82 Å². The van der Waals surface area contributed by atoms with Gasteiger partial charge in [-0.05, 0) is 19.9 Å². The van der Waals surface area contributed by atoms with Crippen LogP contribution in [0.25, 0.3) is 11.4 Å². The van der Waals surface area contributed by atoms with Crippen molar-refractivity contribution >= 4 is 23.1 Å². The minimum Gasteiger partial charge on any atom is -0.378 e. The van der Waals surface area contributed by atoms with E-state index in [0.717, 1.165) is 55.0 Å². The summed E-state index contributed by atoms with van der Waals surface area (Å²) in [6.07, 6.45) is 1.82. The Kier molecular flexibility index (Phi) is 5.86. The molecular formula is C22H26N6O. The maximum absolute atomic E-state index is 5.44. The van der Waals surface area contributed by atoms with Crippen molar-refractivity contribution < 1.29 is 4.74 Å². The molecule has 4 rings (SSSR count). The van der Waals surface area contributed by atoms with E-state index in [1.54, 1.807) is 0 Å². The second-order valence-corrected chi connectivity index (χ2v) is 7.25. The Morgan fingerprint density at radius 3 is 2.48 bits per heavy atom. The third-order valence-electron chi connectivity index (χ3n) is 4.55. The largest absolute Gasteiger partial charge is 0.378 e. The third kappa shape index (κ3) is 5.00. The highest BCUT2D eigenvalue weighted by molar-refractivity contribution is 5.66. The number of nitrogens with zero attached hydrogens (tertiary/aromatic N) is 4. The van der Waals surface area contributed by atoms with E-state index in [0.29, 0.717) is 5.82 Å². The number of benzene rings is 1. The summed E-state index contributed by atoms with van der Waals surface area (Å²) in [6, 6.07) is 16.2. The zero-order valence-electron chi connectivity index (χ0n) is 16.8. The zero-order chi connectivity index (χ0) is 20.1. The van der Waals surface area contributed by atoms with Crippen molar-refractivity contribution in [1.82, 2.24) is 15.0 Å². The van der Waals surface area contributed by atoms with Crippen LogP contribution in [-0.2, 0) is 4.74 Å². The fourth-order valence-electron chi connectivity index (χ4n) is 3.21. The summed E-state index contributed by atoms with van der Waals surface area (Å²) in [5.74, 6) is 3.15. The monoisotopic (exact) mass is 390 g/mol. The van der Waals surface area contributed by atoms with Gasteiger partial charge in [-0.2, -0.15) is 0 Å². The minimum atomic E-state index is 0.273. The van der Waals surface area contributed by atoms with E-state index in [2.05, 4.69) is 39.3 Å². The number of hydrogen-bond donors (Lipinski definition) is 2. The highest BCUT2D eigenvalue weighted by Crippen LogP contribution is 2.25. The van der Waals surface area contributed by atoms with E-state index < -0.39 is 0 Å². The molecule has 0 amide bonds. The average Bonchev–Trinajstić information content (AvgIpc) is 2.74. The smallest absolute Gasteiger partial charge is 0.163 e. The van der Waals surface area contributed by atoms with Crippen LogP contribution in [0, 0.1) is 0 Å². The lowest BCUT2D eigenvalue weighted by Crippen LogP contribution is -2.36. The maximum Gasteiger partial charge on any atom is 0.163 e. The van der Waals surface area contributed by atoms with Crippen LogP contribution >= 0.6 is 0 Å². The van der Waals surface area contributed by atoms with Gasteiger partial charge in [0.1, 0.15) is 17.5 Å². The normalized spacial score (nSPS) is 14.1. The molecule has 1 aromatic carbocycles. The number of ether oxygens (including phenoxy) is 1. The van der Waals surface area contributed by atoms with Gasteiger partial charge in [0.2, 0.25) is 0 Å². The van der Waals surface area contributed by atoms with Crippen molar-refractivity contribution in [3.8, 4) is 11.4 Å². The molecule has 0 atom stereocenters. The van der Waals surface area contributed by atoms with E-state index in [1.165, 1.54) is 0 Å². The van der Waals surface area contributed by atoms with Crippen LogP contribution in [0.4, 0.5) is 23.1 Å². The molecule has 1 fully saturated rings. The summed E-state index contributed by atoms with van der Waals surface area (Å²) in [4.78, 5) is 16.2. The Morgan fingerprint density at radius 1 is 0.966 bits per heavy atom. The van der Waals surface area contributed by atoms with Crippen LogP contribution in [0.5, 0.6) is 0 Å². The average molecular weight is 390 g/mol. The molecule has 0 saturated carbocycles. The number of aromatic nitrogens is 3. The van der Waals surface area contributed by atoms with Gasteiger partial charge in [-0.15, -0.1) is 0 Å². The number of pyridine rings is 1. The summed E-state index contributed by atoms with van der Waals surface area (Å²) in [7, 11) is 0. The van der Waals surface area contributed by atoms with Crippen LogP contribution < -0.4 is 15.5 Å². The van der Waals surface area contributed by atoms with Gasteiger partial charge in [0.25, 0.3) is 0 Å². The van der Waals surface area contributed by atoms with Crippen molar-refractivity contribution in [2.75, 3.05) is 41.8 Å². The first-order valence-corrected chi connectivity index (χ1v) is 9.94. The molecule has 1 saturated heterocycles. The first kappa shape index (κ1) is 19.1. The fraction of sp³-hybridized carbons (Fsp3) is 0.318. The molecule has 150 valence electrons. The summed E-state index contributed by atoms with van der Waals surface area (Å²) in [5, 5.41) is 6.80. The molecule has 0 spiro atoms. The zero-order valence-corrected chi connectivity index (χ0v) is 16.8. The second kappa shape index (κ2) is 8.87. The van der Waals surface area contributed by atoms with Gasteiger partial charge >= 0.3 is 0 Å². The predicted octanol–water partition coefficient (Wildman–Crippen LogP) is 3.94. The van der Waals surface area contributed by atoms with Crippen molar-refractivity contribution in [3.63, 3.8) is 0 Å². The molecule has 2 aromatic heterocycles. The SMILES string of the molecule is CC(C)Nc1cc(Nc2ccnc(N3CCOCC3)c2)nc(-c2ccccc2)n1. The van der Waals surface area contributed by atoms with Crippen molar-refractivity contribution in [2.24, 2.45) is 0 Å². The molecule has 3 heterocycles. The van der Waals surface area contributed by atoms with E-state index in [9.17, 15) is 0 Å². The molecule has 7 nitrogen and oxygen atoms in total. The van der Waals surface area contributed by atoms with Gasteiger partial charge in [0, 0.05) is 48.7 Å². The number of nitrogens with one attached hydrogen (secondary N) is 2. The lowest BCUT2D eigenvalue weighted by Gasteiger charge is -2.28. The van der Waals surface area contributed by atoms with E-state index in [1.807, 2.05) is 54.7 Å². The Labute approximate surface area is 171 Å². The van der Waals surface area contributed by atoms with Gasteiger partial charge < -0.3 is 20.3 Å². The first-order chi connectivity index (χ1) is 14.2. The second-order valence-electron chi connectivity index (χ2n) is 7.25. The molecular weight excluding hydrogens is 364 g/mol. The first-order valence-electron chi connectivity index (χ1n) is 9.94. The van der Waals surface area contributed by atoms with Crippen molar-refractivity contribution in [3.05, 3.63) is 54.7 Å². The third-order valence-corrected chi connectivity index (χ3v) is 4.55. The number of hydrogen-bond acceptors (Lipinski definition) is 7. The Hall–Kier alpha value is -3.19. The fourth-order valence-corrected chi connectivity index (χ4v) is 3.21. The molecule has 0 aliphatic carbocycles. The molecule has 2 N–H and O–H groups in total. The molecule has 7 heteroatoms. The number of rotatable bonds is 6. The van der Waals surface area contributed by atoms with Crippen molar-refractivity contribution in [1.29, 1.82) is 0 Å². The predicted molar refractivity (Wildman–Crippen MR) is 117 cm³/mol. The molecule has 0 bridgehead atoms. The molecule has 1 aliphatic heterocycles. The number of anilines is 4. The summed E-state index contributed by atoms with van der Waals surface area (Å²) < 4.78 is 5.44. The molecule has 1 aliphatic rings. The van der Waals surface area contributed by atoms with E-state index in [-0.39, 0.29) is 6.04 Å². The Balaban J connectivity index is 1.62. The quantitative estimate of drug-likeness (QED) is 0.660.